The predicted molar refractivity (Wildman–Crippen MR) is 94.7 cm³/mol. The van der Waals surface area contributed by atoms with E-state index in [1.165, 1.54) is 21.6 Å². The SMILES string of the molecule is CCNC(c1cc(C)c(Cl)cc1C)c1ccccc1SC. The van der Waals surface area contributed by atoms with Crippen LogP contribution in [0.2, 0.25) is 5.02 Å². The van der Waals surface area contributed by atoms with Crippen molar-refractivity contribution in [1.82, 2.24) is 5.32 Å². The summed E-state index contributed by atoms with van der Waals surface area (Å²) in [5.41, 5.74) is 4.99. The Morgan fingerprint density at radius 2 is 1.81 bits per heavy atom. The van der Waals surface area contributed by atoms with Gasteiger partial charge in [0.1, 0.15) is 0 Å². The van der Waals surface area contributed by atoms with E-state index in [1.54, 1.807) is 11.8 Å². The highest BCUT2D eigenvalue weighted by atomic mass is 35.5. The molecule has 0 aliphatic heterocycles. The molecule has 2 rings (SSSR count). The number of hydrogen-bond donors (Lipinski definition) is 1. The third kappa shape index (κ3) is 3.63. The summed E-state index contributed by atoms with van der Waals surface area (Å²) in [6.45, 7) is 7.27. The summed E-state index contributed by atoms with van der Waals surface area (Å²) in [6.07, 6.45) is 2.13. The number of thioether (sulfide) groups is 1. The summed E-state index contributed by atoms with van der Waals surface area (Å²) in [7, 11) is 0. The second kappa shape index (κ2) is 7.35. The van der Waals surface area contributed by atoms with E-state index < -0.39 is 0 Å². The monoisotopic (exact) mass is 319 g/mol. The first-order valence-electron chi connectivity index (χ1n) is 7.21. The first-order chi connectivity index (χ1) is 10.1. The van der Waals surface area contributed by atoms with Crippen molar-refractivity contribution in [3.05, 3.63) is 63.7 Å². The lowest BCUT2D eigenvalue weighted by Crippen LogP contribution is -2.23. The molecule has 0 heterocycles. The molecule has 2 aromatic carbocycles. The molecule has 21 heavy (non-hydrogen) atoms. The maximum atomic E-state index is 6.25. The normalized spacial score (nSPS) is 12.4. The van der Waals surface area contributed by atoms with Crippen molar-refractivity contribution >= 4 is 23.4 Å². The van der Waals surface area contributed by atoms with E-state index >= 15 is 0 Å². The molecule has 0 bridgehead atoms. The molecule has 2 aromatic rings. The minimum absolute atomic E-state index is 0.203. The van der Waals surface area contributed by atoms with Gasteiger partial charge in [0.05, 0.1) is 6.04 Å². The first kappa shape index (κ1) is 16.4. The lowest BCUT2D eigenvalue weighted by molar-refractivity contribution is 0.619. The smallest absolute Gasteiger partial charge is 0.0590 e. The molecular formula is C18H22ClNS. The fraction of sp³-hybridized carbons (Fsp3) is 0.333. The van der Waals surface area contributed by atoms with Crippen LogP contribution in [0.3, 0.4) is 0 Å². The molecule has 1 nitrogen and oxygen atoms in total. The zero-order chi connectivity index (χ0) is 15.4. The van der Waals surface area contributed by atoms with Crippen molar-refractivity contribution < 1.29 is 0 Å². The fourth-order valence-electron chi connectivity index (χ4n) is 2.61. The number of aryl methyl sites for hydroxylation is 2. The number of benzene rings is 2. The standard InChI is InChI=1S/C18H22ClNS/c1-5-20-18(14-8-6-7-9-17(14)21-4)15-10-13(3)16(19)11-12(15)2/h6-11,18,20H,5H2,1-4H3. The summed E-state index contributed by atoms with van der Waals surface area (Å²) in [6, 6.07) is 13.1. The molecule has 0 fully saturated rings. The highest BCUT2D eigenvalue weighted by Crippen LogP contribution is 2.33. The van der Waals surface area contributed by atoms with E-state index in [2.05, 4.69) is 68.7 Å². The molecule has 0 aromatic heterocycles. The fourth-order valence-corrected chi connectivity index (χ4v) is 3.47. The topological polar surface area (TPSA) is 12.0 Å². The Hall–Kier alpha value is -0.960. The van der Waals surface area contributed by atoms with Gasteiger partial charge in [0.25, 0.3) is 0 Å². The molecule has 3 heteroatoms. The van der Waals surface area contributed by atoms with Crippen LogP contribution < -0.4 is 5.32 Å². The van der Waals surface area contributed by atoms with Gasteiger partial charge in [-0.3, -0.25) is 0 Å². The second-order valence-electron chi connectivity index (χ2n) is 5.19. The largest absolute Gasteiger partial charge is 0.306 e. The molecule has 0 amide bonds. The summed E-state index contributed by atoms with van der Waals surface area (Å²) >= 11 is 8.04. The Labute approximate surface area is 137 Å². The van der Waals surface area contributed by atoms with Gasteiger partial charge in [0.2, 0.25) is 0 Å². The van der Waals surface area contributed by atoms with E-state index in [1.807, 2.05) is 0 Å². The van der Waals surface area contributed by atoms with Gasteiger partial charge in [-0.15, -0.1) is 11.8 Å². The van der Waals surface area contributed by atoms with Crippen molar-refractivity contribution in [2.75, 3.05) is 12.8 Å². The predicted octanol–water partition coefficient (Wildman–Crippen LogP) is 5.38. The third-order valence-electron chi connectivity index (χ3n) is 3.72. The number of nitrogens with one attached hydrogen (secondary N) is 1. The molecule has 1 unspecified atom stereocenters. The Balaban J connectivity index is 2.56. The Morgan fingerprint density at radius 3 is 2.48 bits per heavy atom. The van der Waals surface area contributed by atoms with Crippen LogP contribution in [0.1, 0.15) is 35.2 Å². The van der Waals surface area contributed by atoms with E-state index in [4.69, 9.17) is 11.6 Å². The van der Waals surface area contributed by atoms with Gasteiger partial charge in [-0.05, 0) is 61.0 Å². The molecule has 1 N–H and O–H groups in total. The van der Waals surface area contributed by atoms with Gasteiger partial charge in [-0.2, -0.15) is 0 Å². The van der Waals surface area contributed by atoms with Crippen molar-refractivity contribution in [2.45, 2.75) is 31.7 Å². The number of halogens is 1. The quantitative estimate of drug-likeness (QED) is 0.743. The molecule has 0 spiro atoms. The Bertz CT molecular complexity index is 625. The highest BCUT2D eigenvalue weighted by Gasteiger charge is 2.18. The van der Waals surface area contributed by atoms with Crippen LogP contribution in [0.5, 0.6) is 0 Å². The van der Waals surface area contributed by atoms with Crippen molar-refractivity contribution in [3.63, 3.8) is 0 Å². The van der Waals surface area contributed by atoms with E-state index in [0.29, 0.717) is 0 Å². The molecule has 112 valence electrons. The van der Waals surface area contributed by atoms with E-state index in [9.17, 15) is 0 Å². The van der Waals surface area contributed by atoms with Crippen LogP contribution in [0.4, 0.5) is 0 Å². The van der Waals surface area contributed by atoms with Crippen molar-refractivity contribution in [3.8, 4) is 0 Å². The first-order valence-corrected chi connectivity index (χ1v) is 8.81. The average Bonchev–Trinajstić information content (AvgIpc) is 2.49. The molecule has 0 radical (unpaired) electrons. The lowest BCUT2D eigenvalue weighted by atomic mass is 9.93. The zero-order valence-electron chi connectivity index (χ0n) is 13.0. The van der Waals surface area contributed by atoms with E-state index in [-0.39, 0.29) is 6.04 Å². The van der Waals surface area contributed by atoms with Crippen LogP contribution in [-0.2, 0) is 0 Å². The lowest BCUT2D eigenvalue weighted by Gasteiger charge is -2.24. The summed E-state index contributed by atoms with van der Waals surface area (Å²) in [5, 5.41) is 4.46. The zero-order valence-corrected chi connectivity index (χ0v) is 14.6. The van der Waals surface area contributed by atoms with Gasteiger partial charge in [-0.1, -0.05) is 42.8 Å². The molecule has 0 saturated carbocycles. The van der Waals surface area contributed by atoms with Gasteiger partial charge in [-0.25, -0.2) is 0 Å². The van der Waals surface area contributed by atoms with Crippen LogP contribution in [0.15, 0.2) is 41.3 Å². The van der Waals surface area contributed by atoms with Crippen LogP contribution >= 0.6 is 23.4 Å². The number of hydrogen-bond acceptors (Lipinski definition) is 2. The maximum absolute atomic E-state index is 6.25. The molecular weight excluding hydrogens is 298 g/mol. The summed E-state index contributed by atoms with van der Waals surface area (Å²) in [5.74, 6) is 0. The van der Waals surface area contributed by atoms with Crippen LogP contribution in [0, 0.1) is 13.8 Å². The molecule has 0 aliphatic rings. The van der Waals surface area contributed by atoms with Gasteiger partial charge in [0.15, 0.2) is 0 Å². The van der Waals surface area contributed by atoms with E-state index in [0.717, 1.165) is 17.1 Å². The van der Waals surface area contributed by atoms with Crippen LogP contribution in [-0.4, -0.2) is 12.8 Å². The third-order valence-corrected chi connectivity index (χ3v) is 4.94. The van der Waals surface area contributed by atoms with Gasteiger partial charge < -0.3 is 5.32 Å². The highest BCUT2D eigenvalue weighted by molar-refractivity contribution is 7.98. The van der Waals surface area contributed by atoms with Gasteiger partial charge in [0, 0.05) is 9.92 Å². The van der Waals surface area contributed by atoms with Crippen molar-refractivity contribution in [2.24, 2.45) is 0 Å². The maximum Gasteiger partial charge on any atom is 0.0590 e. The average molecular weight is 320 g/mol. The molecule has 1 atom stereocenters. The number of rotatable bonds is 5. The Kier molecular flexibility index (Phi) is 5.74. The summed E-state index contributed by atoms with van der Waals surface area (Å²) in [4.78, 5) is 1.32. The van der Waals surface area contributed by atoms with Gasteiger partial charge >= 0.3 is 0 Å². The van der Waals surface area contributed by atoms with Crippen LogP contribution in [0.25, 0.3) is 0 Å². The molecule has 0 saturated heterocycles. The molecule has 0 aliphatic carbocycles. The minimum atomic E-state index is 0.203. The Morgan fingerprint density at radius 1 is 1.10 bits per heavy atom. The minimum Gasteiger partial charge on any atom is -0.306 e. The summed E-state index contributed by atoms with van der Waals surface area (Å²) < 4.78 is 0. The van der Waals surface area contributed by atoms with Crippen molar-refractivity contribution in [1.29, 1.82) is 0 Å². The second-order valence-corrected chi connectivity index (χ2v) is 6.45.